The van der Waals surface area contributed by atoms with Crippen LogP contribution in [0.5, 0.6) is 5.75 Å². The van der Waals surface area contributed by atoms with Gasteiger partial charge in [0.1, 0.15) is 18.1 Å². The van der Waals surface area contributed by atoms with Gasteiger partial charge in [0.2, 0.25) is 5.91 Å². The second-order valence-corrected chi connectivity index (χ2v) is 8.70. The highest BCUT2D eigenvalue weighted by atomic mass is 19.1. The van der Waals surface area contributed by atoms with Crippen molar-refractivity contribution in [3.8, 4) is 17.1 Å². The Morgan fingerprint density at radius 1 is 1.16 bits per heavy atom. The Kier molecular flexibility index (Phi) is 7.25. The van der Waals surface area contributed by atoms with E-state index in [9.17, 15) is 23.5 Å². The van der Waals surface area contributed by atoms with E-state index in [-0.39, 0.29) is 57.4 Å². The number of rotatable bonds is 9. The number of amides is 2. The van der Waals surface area contributed by atoms with Gasteiger partial charge in [-0.05, 0) is 25.8 Å². The molecule has 1 saturated carbocycles. The van der Waals surface area contributed by atoms with Crippen LogP contribution in [-0.2, 0) is 10.4 Å². The topological polar surface area (TPSA) is 151 Å². The van der Waals surface area contributed by atoms with E-state index < -0.39 is 24.0 Å². The van der Waals surface area contributed by atoms with Crippen molar-refractivity contribution in [2.24, 2.45) is 5.92 Å². The van der Waals surface area contributed by atoms with E-state index in [4.69, 9.17) is 4.74 Å². The van der Waals surface area contributed by atoms with Gasteiger partial charge in [-0.3, -0.25) is 9.59 Å². The normalized spacial score (nSPS) is 14.4. The fourth-order valence-electron chi connectivity index (χ4n) is 3.45. The minimum Gasteiger partial charge on any atom is -0.494 e. The van der Waals surface area contributed by atoms with Gasteiger partial charge >= 0.3 is 0 Å². The third-order valence-electron chi connectivity index (χ3n) is 5.74. The minimum absolute atomic E-state index is 0.0505. The lowest BCUT2D eigenvalue weighted by Crippen LogP contribution is -2.24. The fraction of sp³-hybridized carbons (Fsp3) is 0.333. The summed E-state index contributed by atoms with van der Waals surface area (Å²) in [6.45, 7) is 0.244. The van der Waals surface area contributed by atoms with Crippen molar-refractivity contribution in [2.75, 3.05) is 31.5 Å². The molecule has 1 aliphatic rings. The van der Waals surface area contributed by atoms with Crippen molar-refractivity contribution in [3.05, 3.63) is 47.7 Å². The van der Waals surface area contributed by atoms with E-state index in [2.05, 4.69) is 36.1 Å². The first-order valence-electron chi connectivity index (χ1n) is 11.3. The Balaban J connectivity index is 1.73. The molecule has 1 aromatic carbocycles. The van der Waals surface area contributed by atoms with E-state index in [0.717, 1.165) is 25.0 Å². The van der Waals surface area contributed by atoms with E-state index in [0.29, 0.717) is 0 Å². The zero-order chi connectivity index (χ0) is 26.7. The van der Waals surface area contributed by atoms with Gasteiger partial charge in [0.15, 0.2) is 23.1 Å². The molecular formula is C24H25F2N7O4. The lowest BCUT2D eigenvalue weighted by molar-refractivity contribution is -0.117. The standard InChI is InChI=1S/C24H25F2N7O4/c1-24(36,11-25)13-9-28-21(29-10-13)15-6-14(26)7-17(20(15)37-3)30-16-8-18(31-22(34)12-4-5-12)32-33-19(16)23(35)27-2/h6-10,12,36H,4-5,11H2,1-3H3,(H,27,35)(H2,30,31,32,34). The summed E-state index contributed by atoms with van der Waals surface area (Å²) in [6, 6.07) is 3.70. The van der Waals surface area contributed by atoms with Crippen LogP contribution < -0.4 is 20.7 Å². The molecule has 11 nitrogen and oxygen atoms in total. The number of methoxy groups -OCH3 is 1. The number of nitrogens with one attached hydrogen (secondary N) is 3. The summed E-state index contributed by atoms with van der Waals surface area (Å²) in [5, 5.41) is 26.0. The summed E-state index contributed by atoms with van der Waals surface area (Å²) in [5.41, 5.74) is -1.33. The van der Waals surface area contributed by atoms with Gasteiger partial charge in [-0.1, -0.05) is 0 Å². The van der Waals surface area contributed by atoms with Gasteiger partial charge in [0.25, 0.3) is 5.91 Å². The van der Waals surface area contributed by atoms with Crippen LogP contribution in [-0.4, -0.2) is 57.9 Å². The molecule has 1 unspecified atom stereocenters. The number of carbonyl (C=O) groups is 2. The Hall–Kier alpha value is -4.26. The number of ether oxygens (including phenoxy) is 1. The Labute approximate surface area is 210 Å². The Morgan fingerprint density at radius 3 is 2.46 bits per heavy atom. The van der Waals surface area contributed by atoms with Gasteiger partial charge < -0.3 is 25.8 Å². The summed E-state index contributed by atoms with van der Waals surface area (Å²) in [5.74, 6) is -1.23. The van der Waals surface area contributed by atoms with Crippen molar-refractivity contribution in [3.63, 3.8) is 0 Å². The van der Waals surface area contributed by atoms with Crippen LogP contribution >= 0.6 is 0 Å². The number of aromatic nitrogens is 4. The van der Waals surface area contributed by atoms with Crippen LogP contribution in [0.25, 0.3) is 11.4 Å². The molecule has 0 aliphatic heterocycles. The molecular weight excluding hydrogens is 488 g/mol. The monoisotopic (exact) mass is 513 g/mol. The molecule has 1 fully saturated rings. The number of hydrogen-bond donors (Lipinski definition) is 4. The largest absolute Gasteiger partial charge is 0.494 e. The lowest BCUT2D eigenvalue weighted by Gasteiger charge is -2.19. The molecule has 2 aromatic heterocycles. The van der Waals surface area contributed by atoms with Crippen LogP contribution in [0, 0.1) is 11.7 Å². The third-order valence-corrected chi connectivity index (χ3v) is 5.74. The predicted molar refractivity (Wildman–Crippen MR) is 130 cm³/mol. The number of alkyl halides is 1. The highest BCUT2D eigenvalue weighted by Gasteiger charge is 2.30. The number of anilines is 3. The molecule has 0 bridgehead atoms. The van der Waals surface area contributed by atoms with Crippen LogP contribution in [0.3, 0.4) is 0 Å². The molecule has 13 heteroatoms. The first-order valence-corrected chi connectivity index (χ1v) is 11.3. The summed E-state index contributed by atoms with van der Waals surface area (Å²) in [6.07, 6.45) is 4.06. The van der Waals surface area contributed by atoms with E-state index >= 15 is 0 Å². The highest BCUT2D eigenvalue weighted by Crippen LogP contribution is 2.38. The van der Waals surface area contributed by atoms with Crippen LogP contribution in [0.2, 0.25) is 0 Å². The van der Waals surface area contributed by atoms with Crippen LogP contribution in [0.4, 0.5) is 26.0 Å². The van der Waals surface area contributed by atoms with E-state index in [1.807, 2.05) is 0 Å². The SMILES string of the molecule is CNC(=O)c1nnc(NC(=O)C2CC2)cc1Nc1cc(F)cc(-c2ncc(C(C)(O)CF)cn2)c1OC. The maximum atomic E-state index is 14.7. The van der Waals surface area contributed by atoms with E-state index in [1.165, 1.54) is 39.5 Å². The number of carbonyl (C=O) groups excluding carboxylic acids is 2. The zero-order valence-corrected chi connectivity index (χ0v) is 20.3. The van der Waals surface area contributed by atoms with Crippen molar-refractivity contribution in [1.82, 2.24) is 25.5 Å². The number of benzene rings is 1. The summed E-state index contributed by atoms with van der Waals surface area (Å²) >= 11 is 0. The molecule has 4 rings (SSSR count). The fourth-order valence-corrected chi connectivity index (χ4v) is 3.45. The minimum atomic E-state index is -1.77. The van der Waals surface area contributed by atoms with Gasteiger partial charge in [-0.25, -0.2) is 18.7 Å². The molecule has 0 spiro atoms. The van der Waals surface area contributed by atoms with Crippen molar-refractivity contribution < 1.29 is 28.2 Å². The summed E-state index contributed by atoms with van der Waals surface area (Å²) in [4.78, 5) is 32.9. The zero-order valence-electron chi connectivity index (χ0n) is 20.3. The van der Waals surface area contributed by atoms with E-state index in [1.54, 1.807) is 0 Å². The molecule has 4 N–H and O–H groups in total. The number of nitrogens with zero attached hydrogens (tertiary/aromatic N) is 4. The molecule has 1 aliphatic carbocycles. The molecule has 2 amide bonds. The smallest absolute Gasteiger partial charge is 0.273 e. The second-order valence-electron chi connectivity index (χ2n) is 8.70. The van der Waals surface area contributed by atoms with Crippen molar-refractivity contribution >= 4 is 29.0 Å². The van der Waals surface area contributed by atoms with Crippen molar-refractivity contribution in [1.29, 1.82) is 0 Å². The van der Waals surface area contributed by atoms with Gasteiger partial charge in [0.05, 0.1) is 24.0 Å². The number of halogens is 2. The average Bonchev–Trinajstić information content (AvgIpc) is 3.74. The molecule has 37 heavy (non-hydrogen) atoms. The van der Waals surface area contributed by atoms with Crippen LogP contribution in [0.1, 0.15) is 35.8 Å². The quantitative estimate of drug-likeness (QED) is 0.338. The molecule has 3 aromatic rings. The number of hydrogen-bond acceptors (Lipinski definition) is 9. The Morgan fingerprint density at radius 2 is 1.86 bits per heavy atom. The summed E-state index contributed by atoms with van der Waals surface area (Å²) in [7, 11) is 2.77. The second kappa shape index (κ2) is 10.4. The van der Waals surface area contributed by atoms with Gasteiger partial charge in [0, 0.05) is 43.1 Å². The van der Waals surface area contributed by atoms with Crippen molar-refractivity contribution in [2.45, 2.75) is 25.4 Å². The molecule has 0 saturated heterocycles. The first kappa shape index (κ1) is 25.8. The third kappa shape index (κ3) is 5.61. The Bertz CT molecular complexity index is 1330. The molecule has 2 heterocycles. The maximum Gasteiger partial charge on any atom is 0.273 e. The number of aliphatic hydroxyl groups is 1. The maximum absolute atomic E-state index is 14.7. The highest BCUT2D eigenvalue weighted by molar-refractivity contribution is 6.00. The molecule has 194 valence electrons. The summed E-state index contributed by atoms with van der Waals surface area (Å²) < 4.78 is 33.4. The van der Waals surface area contributed by atoms with Gasteiger partial charge in [-0.15, -0.1) is 10.2 Å². The average molecular weight is 514 g/mol. The molecule has 0 radical (unpaired) electrons. The molecule has 1 atom stereocenters. The first-order chi connectivity index (χ1) is 17.7. The van der Waals surface area contributed by atoms with Crippen LogP contribution in [0.15, 0.2) is 30.6 Å². The lowest BCUT2D eigenvalue weighted by atomic mass is 10.0. The predicted octanol–water partition coefficient (Wildman–Crippen LogP) is 2.71. The van der Waals surface area contributed by atoms with Gasteiger partial charge in [-0.2, -0.15) is 0 Å².